The van der Waals surface area contributed by atoms with E-state index in [0.717, 1.165) is 13.1 Å². The molecule has 2 atom stereocenters. The molecular formula is C15H27N3O2. The minimum absolute atomic E-state index is 0.0407. The maximum absolute atomic E-state index is 12.1. The number of carbonyl (C=O) groups is 2. The Morgan fingerprint density at radius 2 is 2.20 bits per heavy atom. The summed E-state index contributed by atoms with van der Waals surface area (Å²) in [4.78, 5) is 27.9. The zero-order valence-electron chi connectivity index (χ0n) is 12.7. The van der Waals surface area contributed by atoms with Crippen molar-refractivity contribution in [3.8, 4) is 0 Å². The molecule has 2 saturated heterocycles. The summed E-state index contributed by atoms with van der Waals surface area (Å²) in [6.45, 7) is 8.26. The SMILES string of the molecule is CCN1C[C@H](C(=O)NCCN2CCCC[C@H]2C)CC1=O. The first-order valence-electron chi connectivity index (χ1n) is 7.91. The molecule has 0 spiro atoms. The Balaban J connectivity index is 1.69. The predicted molar refractivity (Wildman–Crippen MR) is 78.3 cm³/mol. The second kappa shape index (κ2) is 7.07. The highest BCUT2D eigenvalue weighted by molar-refractivity contribution is 5.89. The highest BCUT2D eigenvalue weighted by atomic mass is 16.2. The van der Waals surface area contributed by atoms with Gasteiger partial charge in [0.1, 0.15) is 0 Å². The molecule has 2 heterocycles. The van der Waals surface area contributed by atoms with Gasteiger partial charge in [0.15, 0.2) is 0 Å². The molecule has 2 aliphatic rings. The fourth-order valence-corrected chi connectivity index (χ4v) is 3.21. The average molecular weight is 281 g/mol. The fraction of sp³-hybridized carbons (Fsp3) is 0.867. The summed E-state index contributed by atoms with van der Waals surface area (Å²) in [5.74, 6) is -0.00232. The van der Waals surface area contributed by atoms with Gasteiger partial charge in [0.2, 0.25) is 11.8 Å². The molecule has 0 aromatic heterocycles. The number of hydrogen-bond acceptors (Lipinski definition) is 3. The maximum Gasteiger partial charge on any atom is 0.225 e. The van der Waals surface area contributed by atoms with E-state index < -0.39 is 0 Å². The lowest BCUT2D eigenvalue weighted by molar-refractivity contribution is -0.128. The van der Waals surface area contributed by atoms with Crippen LogP contribution in [0.25, 0.3) is 0 Å². The Kier molecular flexibility index (Phi) is 5.40. The van der Waals surface area contributed by atoms with Gasteiger partial charge in [0.05, 0.1) is 5.92 Å². The van der Waals surface area contributed by atoms with Crippen molar-refractivity contribution < 1.29 is 9.59 Å². The van der Waals surface area contributed by atoms with Gasteiger partial charge in [0, 0.05) is 38.6 Å². The first kappa shape index (κ1) is 15.3. The van der Waals surface area contributed by atoms with Crippen molar-refractivity contribution in [2.24, 2.45) is 5.92 Å². The molecule has 0 bridgehead atoms. The lowest BCUT2D eigenvalue weighted by Gasteiger charge is -2.33. The van der Waals surface area contributed by atoms with Crippen LogP contribution in [-0.4, -0.2) is 60.4 Å². The van der Waals surface area contributed by atoms with Crippen LogP contribution < -0.4 is 5.32 Å². The number of carbonyl (C=O) groups excluding carboxylic acids is 2. The molecule has 0 saturated carbocycles. The second-order valence-corrected chi connectivity index (χ2v) is 6.01. The van der Waals surface area contributed by atoms with Crippen molar-refractivity contribution in [2.75, 3.05) is 32.7 Å². The molecule has 2 fully saturated rings. The molecule has 0 aromatic rings. The zero-order chi connectivity index (χ0) is 14.5. The molecule has 0 unspecified atom stereocenters. The Morgan fingerprint density at radius 1 is 1.40 bits per heavy atom. The lowest BCUT2D eigenvalue weighted by Crippen LogP contribution is -2.43. The van der Waals surface area contributed by atoms with E-state index in [1.165, 1.54) is 19.3 Å². The first-order chi connectivity index (χ1) is 9.61. The molecule has 1 N–H and O–H groups in total. The molecule has 5 heteroatoms. The van der Waals surface area contributed by atoms with Gasteiger partial charge in [0.25, 0.3) is 0 Å². The Hall–Kier alpha value is -1.10. The smallest absolute Gasteiger partial charge is 0.225 e. The monoisotopic (exact) mass is 281 g/mol. The van der Waals surface area contributed by atoms with Gasteiger partial charge < -0.3 is 10.2 Å². The number of piperidine rings is 1. The Morgan fingerprint density at radius 3 is 2.85 bits per heavy atom. The van der Waals surface area contributed by atoms with E-state index in [2.05, 4.69) is 17.1 Å². The highest BCUT2D eigenvalue weighted by Gasteiger charge is 2.33. The standard InChI is InChI=1S/C15H27N3O2/c1-3-17-11-13(10-14(17)19)15(20)16-7-9-18-8-5-4-6-12(18)2/h12-13H,3-11H2,1-2H3,(H,16,20)/t12-,13-/m1/s1. The van der Waals surface area contributed by atoms with Crippen LogP contribution in [0.2, 0.25) is 0 Å². The van der Waals surface area contributed by atoms with Gasteiger partial charge in [-0.05, 0) is 33.2 Å². The number of hydrogen-bond donors (Lipinski definition) is 1. The lowest BCUT2D eigenvalue weighted by atomic mass is 10.0. The number of likely N-dealkylation sites (tertiary alicyclic amines) is 2. The molecular weight excluding hydrogens is 254 g/mol. The molecule has 0 radical (unpaired) electrons. The second-order valence-electron chi connectivity index (χ2n) is 6.01. The molecule has 5 nitrogen and oxygen atoms in total. The number of nitrogens with one attached hydrogen (secondary N) is 1. The van der Waals surface area contributed by atoms with Crippen LogP contribution >= 0.6 is 0 Å². The van der Waals surface area contributed by atoms with Gasteiger partial charge in [-0.15, -0.1) is 0 Å². The van der Waals surface area contributed by atoms with Crippen LogP contribution in [-0.2, 0) is 9.59 Å². The summed E-state index contributed by atoms with van der Waals surface area (Å²) in [6.07, 6.45) is 4.22. The summed E-state index contributed by atoms with van der Waals surface area (Å²) in [5, 5.41) is 3.00. The highest BCUT2D eigenvalue weighted by Crippen LogP contribution is 2.18. The van der Waals surface area contributed by atoms with Crippen LogP contribution in [0.4, 0.5) is 0 Å². The minimum Gasteiger partial charge on any atom is -0.355 e. The number of nitrogens with zero attached hydrogens (tertiary/aromatic N) is 2. The summed E-state index contributed by atoms with van der Waals surface area (Å²) >= 11 is 0. The minimum atomic E-state index is -0.152. The summed E-state index contributed by atoms with van der Waals surface area (Å²) in [5.41, 5.74) is 0. The molecule has 20 heavy (non-hydrogen) atoms. The quantitative estimate of drug-likeness (QED) is 0.812. The Bertz CT molecular complexity index is 359. The van der Waals surface area contributed by atoms with E-state index in [9.17, 15) is 9.59 Å². The van der Waals surface area contributed by atoms with Crippen LogP contribution in [0.1, 0.15) is 39.5 Å². The van der Waals surface area contributed by atoms with Crippen LogP contribution in [0, 0.1) is 5.92 Å². The van der Waals surface area contributed by atoms with Crippen molar-refractivity contribution in [1.29, 1.82) is 0 Å². The van der Waals surface area contributed by atoms with E-state index in [1.54, 1.807) is 4.90 Å². The zero-order valence-corrected chi connectivity index (χ0v) is 12.7. The summed E-state index contributed by atoms with van der Waals surface area (Å²) in [7, 11) is 0. The van der Waals surface area contributed by atoms with E-state index in [4.69, 9.17) is 0 Å². The average Bonchev–Trinajstić information content (AvgIpc) is 2.82. The number of rotatable bonds is 5. The van der Waals surface area contributed by atoms with Crippen molar-refractivity contribution in [1.82, 2.24) is 15.1 Å². The van der Waals surface area contributed by atoms with Gasteiger partial charge in [-0.25, -0.2) is 0 Å². The van der Waals surface area contributed by atoms with Crippen LogP contribution in [0.3, 0.4) is 0 Å². The third-order valence-electron chi connectivity index (χ3n) is 4.61. The third kappa shape index (κ3) is 3.72. The van der Waals surface area contributed by atoms with E-state index >= 15 is 0 Å². The van der Waals surface area contributed by atoms with Crippen molar-refractivity contribution in [2.45, 2.75) is 45.6 Å². The Labute approximate surface area is 121 Å². The van der Waals surface area contributed by atoms with Gasteiger partial charge in [-0.2, -0.15) is 0 Å². The van der Waals surface area contributed by atoms with Crippen molar-refractivity contribution in [3.05, 3.63) is 0 Å². The van der Waals surface area contributed by atoms with Gasteiger partial charge >= 0.3 is 0 Å². The molecule has 114 valence electrons. The van der Waals surface area contributed by atoms with Crippen LogP contribution in [0.5, 0.6) is 0 Å². The molecule has 2 aliphatic heterocycles. The molecule has 2 rings (SSSR count). The molecule has 0 aliphatic carbocycles. The predicted octanol–water partition coefficient (Wildman–Crippen LogP) is 0.845. The topological polar surface area (TPSA) is 52.7 Å². The van der Waals surface area contributed by atoms with E-state index in [1.807, 2.05) is 6.92 Å². The van der Waals surface area contributed by atoms with Crippen molar-refractivity contribution >= 4 is 11.8 Å². The molecule has 0 aromatic carbocycles. The van der Waals surface area contributed by atoms with Gasteiger partial charge in [-0.3, -0.25) is 14.5 Å². The first-order valence-corrected chi connectivity index (χ1v) is 7.91. The normalized spacial score (nSPS) is 27.9. The van der Waals surface area contributed by atoms with Crippen LogP contribution in [0.15, 0.2) is 0 Å². The summed E-state index contributed by atoms with van der Waals surface area (Å²) in [6, 6.07) is 0.629. The number of amides is 2. The largest absolute Gasteiger partial charge is 0.355 e. The van der Waals surface area contributed by atoms with Gasteiger partial charge in [-0.1, -0.05) is 6.42 Å². The molecule has 2 amide bonds. The maximum atomic E-state index is 12.1. The van der Waals surface area contributed by atoms with Crippen molar-refractivity contribution in [3.63, 3.8) is 0 Å². The summed E-state index contributed by atoms with van der Waals surface area (Å²) < 4.78 is 0. The van der Waals surface area contributed by atoms with E-state index in [-0.39, 0.29) is 17.7 Å². The van der Waals surface area contributed by atoms with E-state index in [0.29, 0.717) is 32.1 Å². The fourth-order valence-electron chi connectivity index (χ4n) is 3.21. The third-order valence-corrected chi connectivity index (χ3v) is 4.61.